The fraction of sp³-hybridized carbons (Fsp3) is 1.00. The van der Waals surface area contributed by atoms with Crippen LogP contribution in [0.25, 0.3) is 0 Å². The Morgan fingerprint density at radius 1 is 1.13 bits per heavy atom. The van der Waals surface area contributed by atoms with Gasteiger partial charge in [-0.05, 0) is 44.1 Å². The first-order valence-corrected chi connectivity index (χ1v) is 7.05. The van der Waals surface area contributed by atoms with E-state index in [0.717, 1.165) is 23.8 Å². The van der Waals surface area contributed by atoms with Crippen LogP contribution in [0.2, 0.25) is 0 Å². The van der Waals surface area contributed by atoms with E-state index >= 15 is 0 Å². The molecule has 0 aromatic carbocycles. The van der Waals surface area contributed by atoms with Crippen molar-refractivity contribution in [2.45, 2.75) is 64.3 Å². The Kier molecular flexibility index (Phi) is 4.07. The van der Waals surface area contributed by atoms with Gasteiger partial charge in [-0.15, -0.1) is 0 Å². The van der Waals surface area contributed by atoms with Gasteiger partial charge in [0, 0.05) is 6.04 Å². The van der Waals surface area contributed by atoms with Gasteiger partial charge in [-0.3, -0.25) is 0 Å². The van der Waals surface area contributed by atoms with Crippen LogP contribution in [0, 0.1) is 17.8 Å². The van der Waals surface area contributed by atoms with Gasteiger partial charge >= 0.3 is 0 Å². The maximum absolute atomic E-state index is 3.58. The summed E-state index contributed by atoms with van der Waals surface area (Å²) in [6.45, 7) is 2.30. The third-order valence-electron chi connectivity index (χ3n) is 4.68. The molecule has 2 rings (SSSR count). The number of hydrogen-bond acceptors (Lipinski definition) is 1. The minimum absolute atomic E-state index is 0.838. The van der Waals surface area contributed by atoms with Gasteiger partial charge in [-0.1, -0.05) is 39.0 Å². The molecule has 3 unspecified atom stereocenters. The Hall–Kier alpha value is -0.0400. The van der Waals surface area contributed by atoms with E-state index in [0.29, 0.717) is 0 Å². The summed E-state index contributed by atoms with van der Waals surface area (Å²) < 4.78 is 0. The van der Waals surface area contributed by atoms with Gasteiger partial charge < -0.3 is 5.32 Å². The Bertz CT molecular complexity index is 178. The zero-order valence-electron chi connectivity index (χ0n) is 10.5. The van der Waals surface area contributed by atoms with Crippen LogP contribution in [0.4, 0.5) is 0 Å². The average molecular weight is 209 g/mol. The van der Waals surface area contributed by atoms with E-state index in [-0.39, 0.29) is 0 Å². The molecule has 0 heterocycles. The van der Waals surface area contributed by atoms with Crippen molar-refractivity contribution >= 4 is 0 Å². The van der Waals surface area contributed by atoms with Crippen LogP contribution in [0.5, 0.6) is 0 Å². The van der Waals surface area contributed by atoms with E-state index in [2.05, 4.69) is 19.3 Å². The molecule has 0 aromatic rings. The first-order chi connectivity index (χ1) is 7.38. The van der Waals surface area contributed by atoms with E-state index in [9.17, 15) is 0 Å². The zero-order valence-corrected chi connectivity index (χ0v) is 10.5. The molecule has 2 fully saturated rings. The smallest absolute Gasteiger partial charge is 0.00978 e. The van der Waals surface area contributed by atoms with Crippen molar-refractivity contribution in [3.63, 3.8) is 0 Å². The molecule has 0 radical (unpaired) electrons. The highest BCUT2D eigenvalue weighted by Crippen LogP contribution is 2.57. The number of nitrogens with one attached hydrogen (secondary N) is 1. The number of hydrogen-bond donors (Lipinski definition) is 1. The number of rotatable bonds is 6. The lowest BCUT2D eigenvalue weighted by Gasteiger charge is -2.16. The molecule has 0 bridgehead atoms. The molecule has 0 saturated heterocycles. The highest BCUT2D eigenvalue weighted by atomic mass is 14.9. The largest absolute Gasteiger partial charge is 0.317 e. The van der Waals surface area contributed by atoms with Gasteiger partial charge in [0.1, 0.15) is 0 Å². The van der Waals surface area contributed by atoms with Crippen molar-refractivity contribution < 1.29 is 0 Å². The van der Waals surface area contributed by atoms with Crippen molar-refractivity contribution in [2.75, 3.05) is 7.05 Å². The maximum Gasteiger partial charge on any atom is 0.00978 e. The predicted molar refractivity (Wildman–Crippen MR) is 65.9 cm³/mol. The normalized spacial score (nSPS) is 36.0. The third kappa shape index (κ3) is 2.55. The van der Waals surface area contributed by atoms with Gasteiger partial charge in [-0.25, -0.2) is 0 Å². The van der Waals surface area contributed by atoms with Crippen LogP contribution in [0.15, 0.2) is 0 Å². The summed E-state index contributed by atoms with van der Waals surface area (Å²) in [5.41, 5.74) is 0. The van der Waals surface area contributed by atoms with Crippen LogP contribution in [0.1, 0.15) is 58.3 Å². The summed E-state index contributed by atoms with van der Waals surface area (Å²) in [7, 11) is 2.17. The molecule has 0 spiro atoms. The molecule has 15 heavy (non-hydrogen) atoms. The van der Waals surface area contributed by atoms with Gasteiger partial charge in [0.15, 0.2) is 0 Å². The monoisotopic (exact) mass is 209 g/mol. The number of fused-ring (bicyclic) bond motifs is 1. The van der Waals surface area contributed by atoms with E-state index in [1.54, 1.807) is 0 Å². The third-order valence-corrected chi connectivity index (χ3v) is 4.68. The molecule has 0 aromatic heterocycles. The van der Waals surface area contributed by atoms with Crippen LogP contribution in [-0.2, 0) is 0 Å². The van der Waals surface area contributed by atoms with Crippen LogP contribution >= 0.6 is 0 Å². The van der Waals surface area contributed by atoms with Crippen molar-refractivity contribution in [3.05, 3.63) is 0 Å². The highest BCUT2D eigenvalue weighted by molar-refractivity contribution is 5.04. The lowest BCUT2D eigenvalue weighted by molar-refractivity contribution is 0.418. The van der Waals surface area contributed by atoms with Crippen molar-refractivity contribution in [3.8, 4) is 0 Å². The van der Waals surface area contributed by atoms with Crippen molar-refractivity contribution in [1.29, 1.82) is 0 Å². The zero-order chi connectivity index (χ0) is 10.7. The van der Waals surface area contributed by atoms with Crippen LogP contribution < -0.4 is 5.32 Å². The molecule has 0 amide bonds. The van der Waals surface area contributed by atoms with E-state index < -0.39 is 0 Å². The summed E-state index contributed by atoms with van der Waals surface area (Å²) in [4.78, 5) is 0. The molecule has 2 saturated carbocycles. The van der Waals surface area contributed by atoms with Crippen LogP contribution in [-0.4, -0.2) is 13.1 Å². The topological polar surface area (TPSA) is 12.0 Å². The first-order valence-electron chi connectivity index (χ1n) is 7.05. The lowest BCUT2D eigenvalue weighted by atomic mass is 10.0. The number of unbranched alkanes of at least 4 members (excludes halogenated alkanes) is 2. The second-order valence-corrected chi connectivity index (χ2v) is 5.58. The first kappa shape index (κ1) is 11.4. The maximum atomic E-state index is 3.58. The molecule has 2 aliphatic carbocycles. The molecular weight excluding hydrogens is 182 g/mol. The second kappa shape index (κ2) is 5.34. The van der Waals surface area contributed by atoms with Gasteiger partial charge in [0.25, 0.3) is 0 Å². The minimum Gasteiger partial charge on any atom is -0.317 e. The van der Waals surface area contributed by atoms with Crippen LogP contribution in [0.3, 0.4) is 0 Å². The van der Waals surface area contributed by atoms with E-state index in [1.807, 2.05) is 0 Å². The summed E-state index contributed by atoms with van der Waals surface area (Å²) in [5, 5.41) is 3.58. The highest BCUT2D eigenvalue weighted by Gasteiger charge is 2.53. The summed E-state index contributed by atoms with van der Waals surface area (Å²) >= 11 is 0. The Morgan fingerprint density at radius 3 is 2.33 bits per heavy atom. The van der Waals surface area contributed by atoms with E-state index in [4.69, 9.17) is 0 Å². The Morgan fingerprint density at radius 2 is 1.80 bits per heavy atom. The SMILES string of the molecule is CCCCCC(NC)C1C2CCCCC21. The van der Waals surface area contributed by atoms with Gasteiger partial charge in [-0.2, -0.15) is 0 Å². The summed E-state index contributed by atoms with van der Waals surface area (Å²) in [5.74, 6) is 3.27. The molecule has 88 valence electrons. The lowest BCUT2D eigenvalue weighted by Crippen LogP contribution is -2.28. The average Bonchev–Trinajstić information content (AvgIpc) is 2.99. The quantitative estimate of drug-likeness (QED) is 0.659. The Balaban J connectivity index is 1.75. The molecule has 1 heteroatoms. The summed E-state index contributed by atoms with van der Waals surface area (Å²) in [6.07, 6.45) is 11.7. The molecule has 0 aliphatic heterocycles. The molecule has 3 atom stereocenters. The van der Waals surface area contributed by atoms with Crippen molar-refractivity contribution in [2.24, 2.45) is 17.8 Å². The molecule has 2 aliphatic rings. The van der Waals surface area contributed by atoms with Gasteiger partial charge in [0.05, 0.1) is 0 Å². The molecule has 1 N–H and O–H groups in total. The van der Waals surface area contributed by atoms with E-state index in [1.165, 1.54) is 51.4 Å². The fourth-order valence-electron chi connectivity index (χ4n) is 3.79. The van der Waals surface area contributed by atoms with Gasteiger partial charge in [0.2, 0.25) is 0 Å². The minimum atomic E-state index is 0.838. The Labute approximate surface area is 95.0 Å². The second-order valence-electron chi connectivity index (χ2n) is 5.58. The van der Waals surface area contributed by atoms with Crippen molar-refractivity contribution in [1.82, 2.24) is 5.32 Å². The fourth-order valence-corrected chi connectivity index (χ4v) is 3.79. The molecule has 1 nitrogen and oxygen atoms in total. The summed E-state index contributed by atoms with van der Waals surface area (Å²) in [6, 6.07) is 0.838. The standard InChI is InChI=1S/C14H27N/c1-3-4-5-10-13(15-2)14-11-8-6-7-9-12(11)14/h11-15H,3-10H2,1-2H3. The predicted octanol–water partition coefficient (Wildman–Crippen LogP) is 3.59. The molecular formula is C14H27N.